The standard InChI is InChI=1S/C62H87N12O15P/c1-29-20-37-38(21-30(29)2)74(28-69-37)56-51(83)52(39(27-75)86-56)89-90(84,85)88-31(3)26-68-47(81)17-18-58(8)36(22-45(66)79)55-61(11)59(9,24-46(67)80)35(13-15-43(64)77)50(73-61)33(5)54-60(10)25-48(82)87-62(60,19-16-44(65)78)41(71-54)23-40-57(6,7)34(12-14-42(63)76)49(70-40)32(4)53(58)72-55/h20-21,23,28,31,34-36,39,51-52,55-56,71,75,83H,12-19,22,24-27H2,1-11H3,(H2,63,76)(H2,64,77)(H2,65,78)(H2,66,79)(H2,67,80)(H,68,81)(H,84,85)/b41-23?,49-32?,54-33-/t31?,34-,35-,36+,39-,51-,52-,55-,56+,58-,59+,60-,61+,62+/m1/s1. The Morgan fingerprint density at radius 1 is 0.878 bits per heavy atom. The number of aliphatic hydroxyl groups is 2. The van der Waals surface area contributed by atoms with Crippen molar-refractivity contribution in [1.29, 1.82) is 0 Å². The van der Waals surface area contributed by atoms with Gasteiger partial charge in [-0.1, -0.05) is 27.7 Å². The van der Waals surface area contributed by atoms with Crippen molar-refractivity contribution in [3.63, 3.8) is 0 Å². The summed E-state index contributed by atoms with van der Waals surface area (Å²) in [4.78, 5) is 127. The number of fused-ring (bicyclic) bond motifs is 10. The number of esters is 1. The van der Waals surface area contributed by atoms with E-state index in [1.54, 1.807) is 4.57 Å². The highest BCUT2D eigenvalue weighted by Crippen LogP contribution is 2.64. The van der Waals surface area contributed by atoms with Gasteiger partial charge in [0, 0.05) is 114 Å². The summed E-state index contributed by atoms with van der Waals surface area (Å²) in [6, 6.07) is 2.70. The Bertz CT molecular complexity index is 3610. The van der Waals surface area contributed by atoms with Gasteiger partial charge >= 0.3 is 13.8 Å². The molecule has 490 valence electrons. The maximum absolute atomic E-state index is 14.4. The zero-order valence-corrected chi connectivity index (χ0v) is 53.9. The van der Waals surface area contributed by atoms with E-state index in [0.717, 1.165) is 11.1 Å². The lowest BCUT2D eigenvalue weighted by atomic mass is 9.55. The molecular weight excluding hydrogens is 1180 g/mol. The van der Waals surface area contributed by atoms with Gasteiger partial charge in [0.2, 0.25) is 35.4 Å². The van der Waals surface area contributed by atoms with Crippen molar-refractivity contribution in [3.8, 4) is 0 Å². The van der Waals surface area contributed by atoms with Crippen LogP contribution in [0.4, 0.5) is 0 Å². The van der Waals surface area contributed by atoms with Crippen LogP contribution in [-0.2, 0) is 56.6 Å². The molecule has 3 saturated heterocycles. The normalized spacial score (nSPS) is 34.3. The van der Waals surface area contributed by atoms with Crippen molar-refractivity contribution in [2.75, 3.05) is 13.2 Å². The molecule has 7 aliphatic rings. The van der Waals surface area contributed by atoms with Crippen molar-refractivity contribution in [2.45, 2.75) is 195 Å². The molecule has 0 radical (unpaired) electrons. The Hall–Kier alpha value is -7.00. The lowest BCUT2D eigenvalue weighted by Gasteiger charge is -2.48. The highest BCUT2D eigenvalue weighted by molar-refractivity contribution is 7.47. The average molecular weight is 1270 g/mol. The summed E-state index contributed by atoms with van der Waals surface area (Å²) in [6.45, 7) is 19.2. The number of aliphatic hydroxyl groups excluding tert-OH is 2. The number of allylic oxidation sites excluding steroid dienone is 4. The number of ether oxygens (including phenoxy) is 2. The quantitative estimate of drug-likeness (QED) is 0.0532. The first kappa shape index (κ1) is 67.4. The van der Waals surface area contributed by atoms with E-state index in [0.29, 0.717) is 56.4 Å². The van der Waals surface area contributed by atoms with Gasteiger partial charge in [-0.15, -0.1) is 0 Å². The summed E-state index contributed by atoms with van der Waals surface area (Å²) in [5.74, 6) is -6.56. The number of benzene rings is 1. The maximum atomic E-state index is 14.4. The van der Waals surface area contributed by atoms with Gasteiger partial charge in [0.05, 0.1) is 59.2 Å². The number of phosphoric acid groups is 1. The first-order chi connectivity index (χ1) is 41.9. The van der Waals surface area contributed by atoms with Crippen LogP contribution in [0.3, 0.4) is 0 Å². The summed E-state index contributed by atoms with van der Waals surface area (Å²) in [6.07, 6.45) is -4.61. The van der Waals surface area contributed by atoms with Crippen molar-refractivity contribution < 1.29 is 71.8 Å². The molecule has 90 heavy (non-hydrogen) atoms. The van der Waals surface area contributed by atoms with Crippen LogP contribution in [-0.4, -0.2) is 138 Å². The first-order valence-corrected chi connectivity index (χ1v) is 32.0. The van der Waals surface area contributed by atoms with Gasteiger partial charge in [-0.3, -0.25) is 57.6 Å². The van der Waals surface area contributed by atoms with Crippen LogP contribution in [0.5, 0.6) is 0 Å². The van der Waals surface area contributed by atoms with Crippen LogP contribution >= 0.6 is 7.82 Å². The summed E-state index contributed by atoms with van der Waals surface area (Å²) >= 11 is 0. The third kappa shape index (κ3) is 11.6. The van der Waals surface area contributed by atoms with Crippen LogP contribution < -0.4 is 39.3 Å². The lowest BCUT2D eigenvalue weighted by molar-refractivity contribution is -0.148. The molecule has 3 fully saturated rings. The third-order valence-corrected chi connectivity index (χ3v) is 22.2. The van der Waals surface area contributed by atoms with Crippen LogP contribution in [0.1, 0.15) is 150 Å². The fourth-order valence-electron chi connectivity index (χ4n) is 15.8. The minimum Gasteiger partial charge on any atom is -0.452 e. The van der Waals surface area contributed by atoms with Gasteiger partial charge in [-0.2, -0.15) is 0 Å². The molecule has 6 amide bonds. The van der Waals surface area contributed by atoms with Crippen LogP contribution in [0.25, 0.3) is 11.0 Å². The maximum Gasteiger partial charge on any atom is 0.472 e. The van der Waals surface area contributed by atoms with Crippen molar-refractivity contribution >= 4 is 77.4 Å². The minimum atomic E-state index is -5.07. The number of nitrogens with one attached hydrogen (secondary N) is 2. The molecule has 8 heterocycles. The zero-order valence-electron chi connectivity index (χ0n) is 53.0. The molecular formula is C62H87N12O15P. The Morgan fingerprint density at radius 3 is 2.14 bits per heavy atom. The third-order valence-electron chi connectivity index (χ3n) is 21.0. The minimum absolute atomic E-state index is 0.0123. The predicted molar refractivity (Wildman–Crippen MR) is 330 cm³/mol. The fraction of sp³-hybridized carbons (Fsp3) is 0.629. The molecule has 1 aromatic carbocycles. The summed E-state index contributed by atoms with van der Waals surface area (Å²) in [5.41, 5.74) is 29.4. The number of amides is 6. The highest BCUT2D eigenvalue weighted by atomic mass is 31.2. The second-order valence-corrected chi connectivity index (χ2v) is 28.6. The average Bonchev–Trinajstić information content (AvgIpc) is 1.53. The van der Waals surface area contributed by atoms with Crippen LogP contribution in [0.15, 0.2) is 67.8 Å². The van der Waals surface area contributed by atoms with E-state index in [9.17, 15) is 53.2 Å². The van der Waals surface area contributed by atoms with Crippen molar-refractivity contribution in [3.05, 3.63) is 63.9 Å². The van der Waals surface area contributed by atoms with E-state index in [1.165, 1.54) is 13.3 Å². The molecule has 27 nitrogen and oxygen atoms in total. The predicted octanol–water partition coefficient (Wildman–Crippen LogP) is 3.36. The molecule has 0 aliphatic carbocycles. The topological polar surface area (TPSA) is 443 Å². The van der Waals surface area contributed by atoms with Gasteiger partial charge < -0.3 is 68.4 Å². The van der Waals surface area contributed by atoms with Crippen LogP contribution in [0.2, 0.25) is 0 Å². The van der Waals surface area contributed by atoms with Gasteiger partial charge in [0.25, 0.3) is 0 Å². The van der Waals surface area contributed by atoms with Gasteiger partial charge in [0.15, 0.2) is 11.8 Å². The van der Waals surface area contributed by atoms with E-state index in [-0.39, 0.29) is 77.2 Å². The number of hydrogen-bond acceptors (Lipinski definition) is 19. The molecule has 7 aliphatic heterocycles. The van der Waals surface area contributed by atoms with E-state index >= 15 is 0 Å². The Labute approximate surface area is 522 Å². The second kappa shape index (κ2) is 24.2. The van der Waals surface area contributed by atoms with Gasteiger partial charge in [-0.05, 0) is 108 Å². The summed E-state index contributed by atoms with van der Waals surface area (Å²) in [7, 11) is -5.07. The number of aliphatic imine (C=N–C) groups is 3. The fourth-order valence-corrected chi connectivity index (χ4v) is 16.9. The molecule has 28 heteroatoms. The van der Waals surface area contributed by atoms with Gasteiger partial charge in [0.1, 0.15) is 18.3 Å². The number of hydrogen-bond donors (Lipinski definition) is 10. The molecule has 9 rings (SSSR count). The Kier molecular flexibility index (Phi) is 18.1. The number of aromatic nitrogens is 2. The van der Waals surface area contributed by atoms with E-state index < -0.39 is 143 Å². The zero-order chi connectivity index (χ0) is 66.3. The van der Waals surface area contributed by atoms with E-state index in [2.05, 4.69) is 15.6 Å². The molecule has 0 saturated carbocycles. The molecule has 15 N–H and O–H groups in total. The molecule has 8 bridgehead atoms. The molecule has 2 aromatic rings. The van der Waals surface area contributed by atoms with Crippen molar-refractivity contribution in [1.82, 2.24) is 20.2 Å². The highest BCUT2D eigenvalue weighted by Gasteiger charge is 2.69. The summed E-state index contributed by atoms with van der Waals surface area (Å²) in [5, 5.41) is 28.2. The number of nitrogens with two attached hydrogens (primary N) is 5. The molecule has 2 unspecified atom stereocenters. The van der Waals surface area contributed by atoms with E-state index in [4.69, 9.17) is 62.2 Å². The SMILES string of the molecule is CC1=C2N=C(C=C3N/C(=C(/C)C4=N[C@@](C)([C@@H]5N=C1[C@](C)(CCC(=O)NCC(C)OP(=O)(O)O[C@H]1[C@@H](O)[C@@H](n6cnc7cc(C)c(C)cc76)O[C@@H]1CO)[C@H]5CC(N)=O)[C@@](C)(CC(N)=O)[C@@H]4CCC(N)=O)[C@@]1(C)CC(=O)O[C@@]31CCC(N)=O)C(C)(C)[C@@H]2CCC(N)=O. The lowest BCUT2D eigenvalue weighted by Crippen LogP contribution is -2.56. The number of nitrogens with zero attached hydrogens (tertiary/aromatic N) is 5. The van der Waals surface area contributed by atoms with Crippen molar-refractivity contribution in [2.24, 2.45) is 83.1 Å². The number of carbonyl (C=O) groups is 7. The Morgan fingerprint density at radius 2 is 1.52 bits per heavy atom. The molecule has 1 aromatic heterocycles. The number of carbonyl (C=O) groups excluding carboxylic acids is 7. The molecule has 15 atom stereocenters. The second-order valence-electron chi connectivity index (χ2n) is 27.2. The summed E-state index contributed by atoms with van der Waals surface area (Å²) < 4.78 is 38.7. The van der Waals surface area contributed by atoms with Crippen LogP contribution in [0, 0.1) is 53.3 Å². The first-order valence-electron chi connectivity index (χ1n) is 30.6. The van der Waals surface area contributed by atoms with E-state index in [1.807, 2.05) is 87.4 Å². The van der Waals surface area contributed by atoms with Gasteiger partial charge in [-0.25, -0.2) is 9.55 Å². The number of aryl methyl sites for hydroxylation is 2. The smallest absolute Gasteiger partial charge is 0.452 e. The monoisotopic (exact) mass is 1270 g/mol. The number of phosphoric ester groups is 1. The largest absolute Gasteiger partial charge is 0.472 e. The number of imidazole rings is 1. The Balaban J connectivity index is 1.10. The number of rotatable bonds is 24. The molecule has 0 spiro atoms. The number of primary amides is 5.